The molecule has 312 valence electrons. The molecule has 0 atom stereocenters. The Bertz CT molecular complexity index is 3240. The molecule has 4 aliphatic rings. The standard InChI is InChI=1S/C58H61BN2S/c1-54(2,3)38-22-25-50-41(32-38)51-53(62-50)61(39-20-16-13-17-21-39)49-31-37(36-18-14-12-15-19-36)30-48-52(49)59(51)46-34-44-45(58(10,11)29-28-57(44,8)9)35-47(46)60(48)40-23-24-42-43(33-40)56(6,7)27-26-55(42,4)5/h12-25,30-35H,26-29H2,1-11H3/i12D,14D,15D,18D,19D. The maximum Gasteiger partial charge on any atom is 0.254 e. The fraction of sp³-hybridized carbons (Fsp3) is 0.345. The first kappa shape index (κ1) is 34.4. The van der Waals surface area contributed by atoms with Gasteiger partial charge in [0.15, 0.2) is 0 Å². The zero-order chi connectivity index (χ0) is 47.7. The maximum atomic E-state index is 9.37. The van der Waals surface area contributed by atoms with E-state index in [-0.39, 0.29) is 69.6 Å². The van der Waals surface area contributed by atoms with E-state index in [9.17, 15) is 2.74 Å². The van der Waals surface area contributed by atoms with Crippen molar-refractivity contribution in [3.8, 4) is 11.1 Å². The Labute approximate surface area is 382 Å². The first-order chi connectivity index (χ1) is 31.4. The van der Waals surface area contributed by atoms with Crippen molar-refractivity contribution in [1.29, 1.82) is 0 Å². The number of hydrogen-bond donors (Lipinski definition) is 0. The maximum absolute atomic E-state index is 9.37. The van der Waals surface area contributed by atoms with Gasteiger partial charge in [0.2, 0.25) is 0 Å². The van der Waals surface area contributed by atoms with Crippen LogP contribution >= 0.6 is 11.3 Å². The number of rotatable bonds is 3. The average Bonchev–Trinajstić information content (AvgIpc) is 3.66. The Hall–Kier alpha value is -5.06. The predicted octanol–water partition coefficient (Wildman–Crippen LogP) is 14.6. The Morgan fingerprint density at radius 3 is 1.79 bits per heavy atom. The quantitative estimate of drug-likeness (QED) is 0.164. The summed E-state index contributed by atoms with van der Waals surface area (Å²) in [6.45, 7) is 25.9. The zero-order valence-electron chi connectivity index (χ0n) is 43.4. The minimum atomic E-state index is -0.390. The van der Waals surface area contributed by atoms with Crippen LogP contribution < -0.4 is 26.2 Å². The van der Waals surface area contributed by atoms with Gasteiger partial charge < -0.3 is 9.80 Å². The lowest BCUT2D eigenvalue weighted by Gasteiger charge is -2.47. The van der Waals surface area contributed by atoms with Gasteiger partial charge in [0.1, 0.15) is 0 Å². The first-order valence-corrected chi connectivity index (χ1v) is 23.5. The Morgan fingerprint density at radius 1 is 0.548 bits per heavy atom. The van der Waals surface area contributed by atoms with E-state index in [1.807, 2.05) is 11.3 Å². The number of benzene rings is 6. The van der Waals surface area contributed by atoms with E-state index in [4.69, 9.17) is 4.11 Å². The van der Waals surface area contributed by atoms with Crippen LogP contribution in [0.4, 0.5) is 33.4 Å². The van der Waals surface area contributed by atoms with Gasteiger partial charge in [-0.2, -0.15) is 0 Å². The smallest absolute Gasteiger partial charge is 0.254 e. The average molecular weight is 834 g/mol. The van der Waals surface area contributed by atoms with Crippen LogP contribution in [0.2, 0.25) is 0 Å². The van der Waals surface area contributed by atoms with Gasteiger partial charge in [-0.1, -0.05) is 149 Å². The molecule has 6 aromatic carbocycles. The third kappa shape index (κ3) is 5.88. The van der Waals surface area contributed by atoms with Crippen molar-refractivity contribution < 1.29 is 6.85 Å². The molecule has 0 fully saturated rings. The van der Waals surface area contributed by atoms with Crippen molar-refractivity contribution in [2.24, 2.45) is 0 Å². The lowest BCUT2D eigenvalue weighted by Crippen LogP contribution is -2.61. The van der Waals surface area contributed by atoms with E-state index >= 15 is 0 Å². The number of fused-ring (bicyclic) bond motifs is 8. The summed E-state index contributed by atoms with van der Waals surface area (Å²) in [4.78, 5) is 4.89. The van der Waals surface area contributed by atoms with E-state index in [0.717, 1.165) is 64.6 Å². The van der Waals surface area contributed by atoms with Crippen LogP contribution in [0.5, 0.6) is 0 Å². The molecule has 0 saturated heterocycles. The van der Waals surface area contributed by atoms with Gasteiger partial charge >= 0.3 is 0 Å². The van der Waals surface area contributed by atoms with Crippen LogP contribution in [-0.4, -0.2) is 6.71 Å². The molecule has 11 rings (SSSR count). The Morgan fingerprint density at radius 2 is 1.15 bits per heavy atom. The number of nitrogens with zero attached hydrogens (tertiary/aromatic N) is 2. The summed E-state index contributed by atoms with van der Waals surface area (Å²) in [5.41, 5.74) is 16.3. The van der Waals surface area contributed by atoms with Crippen molar-refractivity contribution in [2.75, 3.05) is 9.80 Å². The molecule has 0 unspecified atom stereocenters. The van der Waals surface area contributed by atoms with Crippen LogP contribution in [-0.2, 0) is 27.1 Å². The summed E-state index contributed by atoms with van der Waals surface area (Å²) in [6, 6.07) is 32.7. The number of thiophene rings is 1. The highest BCUT2D eigenvalue weighted by molar-refractivity contribution is 7.26. The summed E-state index contributed by atoms with van der Waals surface area (Å²) in [7, 11) is 0. The van der Waals surface area contributed by atoms with Crippen LogP contribution in [0.1, 0.15) is 137 Å². The van der Waals surface area contributed by atoms with Crippen LogP contribution in [0.25, 0.3) is 21.2 Å². The first-order valence-electron chi connectivity index (χ1n) is 25.2. The van der Waals surface area contributed by atoms with E-state index < -0.39 is 0 Å². The summed E-state index contributed by atoms with van der Waals surface area (Å²) < 4.78 is 46.3. The summed E-state index contributed by atoms with van der Waals surface area (Å²) in [5.74, 6) is 0. The summed E-state index contributed by atoms with van der Waals surface area (Å²) >= 11 is 1.82. The largest absolute Gasteiger partial charge is 0.311 e. The molecule has 0 radical (unpaired) electrons. The number of anilines is 6. The summed E-state index contributed by atoms with van der Waals surface area (Å²) in [5, 5.41) is 2.41. The molecule has 0 amide bonds. The normalized spacial score (nSPS) is 19.9. The highest BCUT2D eigenvalue weighted by Gasteiger charge is 2.48. The third-order valence-corrected chi connectivity index (χ3v) is 16.6. The van der Waals surface area contributed by atoms with Crippen molar-refractivity contribution in [2.45, 2.75) is 129 Å². The second-order valence-electron chi connectivity index (χ2n) is 22.4. The molecule has 0 bridgehead atoms. The third-order valence-electron chi connectivity index (χ3n) is 15.4. The lowest BCUT2D eigenvalue weighted by atomic mass is 9.33. The Balaban J connectivity index is 1.34. The highest BCUT2D eigenvalue weighted by atomic mass is 32.1. The molecule has 0 spiro atoms. The molecule has 1 aromatic heterocycles. The predicted molar refractivity (Wildman–Crippen MR) is 271 cm³/mol. The van der Waals surface area contributed by atoms with Crippen LogP contribution in [0, 0.1) is 0 Å². The minimum absolute atomic E-state index is 0.0293. The zero-order valence-corrected chi connectivity index (χ0v) is 39.2. The van der Waals surface area contributed by atoms with Gasteiger partial charge in [-0.05, 0) is 162 Å². The molecule has 0 N–H and O–H groups in total. The topological polar surface area (TPSA) is 6.48 Å². The molecular weight excluding hydrogens is 768 g/mol. The van der Waals surface area contributed by atoms with Crippen molar-refractivity contribution in [1.82, 2.24) is 0 Å². The van der Waals surface area contributed by atoms with E-state index in [1.165, 1.54) is 48.8 Å². The number of para-hydroxylation sites is 1. The van der Waals surface area contributed by atoms with Crippen molar-refractivity contribution in [3.63, 3.8) is 0 Å². The van der Waals surface area contributed by atoms with Gasteiger partial charge in [0.25, 0.3) is 6.71 Å². The molecule has 2 aliphatic carbocycles. The molecule has 2 aliphatic heterocycles. The summed E-state index contributed by atoms with van der Waals surface area (Å²) in [6.07, 6.45) is 4.39. The fourth-order valence-electron chi connectivity index (χ4n) is 11.4. The second-order valence-corrected chi connectivity index (χ2v) is 23.4. The van der Waals surface area contributed by atoms with Crippen LogP contribution in [0.3, 0.4) is 0 Å². The molecule has 0 saturated carbocycles. The van der Waals surface area contributed by atoms with Crippen molar-refractivity contribution >= 4 is 78.0 Å². The fourth-order valence-corrected chi connectivity index (χ4v) is 12.7. The molecular formula is C58H61BN2S. The van der Waals surface area contributed by atoms with Gasteiger partial charge in [-0.3, -0.25) is 0 Å². The highest BCUT2D eigenvalue weighted by Crippen LogP contribution is 2.54. The minimum Gasteiger partial charge on any atom is -0.311 e. The van der Waals surface area contributed by atoms with Crippen LogP contribution in [0.15, 0.2) is 121 Å². The van der Waals surface area contributed by atoms with E-state index in [1.54, 1.807) is 0 Å². The molecule has 2 nitrogen and oxygen atoms in total. The Kier molecular flexibility index (Phi) is 7.35. The molecule has 3 heterocycles. The van der Waals surface area contributed by atoms with E-state index in [2.05, 4.69) is 177 Å². The lowest BCUT2D eigenvalue weighted by molar-refractivity contribution is 0.332. The van der Waals surface area contributed by atoms with Gasteiger partial charge in [0.05, 0.1) is 11.9 Å². The molecule has 7 aromatic rings. The van der Waals surface area contributed by atoms with E-state index in [0.29, 0.717) is 5.56 Å². The molecule has 4 heteroatoms. The van der Waals surface area contributed by atoms with Crippen molar-refractivity contribution in [3.05, 3.63) is 149 Å². The van der Waals surface area contributed by atoms with Gasteiger partial charge in [0, 0.05) is 33.1 Å². The monoisotopic (exact) mass is 833 g/mol. The second kappa shape index (κ2) is 13.2. The SMILES string of the molecule is [2H]c1c([2H])c([2H])c(-c2cc3c4c(c2)N(c2ccccc2)c2sc5ccc(C(C)(C)C)cc5c2B4c2cc4c(cc2N3c2ccc3c(c2)C(C)(C)CCC3(C)C)C(C)(C)CCC4(C)C)c([2H])c1[2H]. The van der Waals surface area contributed by atoms with Gasteiger partial charge in [-0.25, -0.2) is 0 Å². The molecule has 62 heavy (non-hydrogen) atoms. The number of hydrogen-bond acceptors (Lipinski definition) is 3. The van der Waals surface area contributed by atoms with Gasteiger partial charge in [-0.15, -0.1) is 11.3 Å².